The second-order valence-electron chi connectivity index (χ2n) is 4.31. The van der Waals surface area contributed by atoms with Crippen LogP contribution in [0.5, 0.6) is 0 Å². The van der Waals surface area contributed by atoms with Gasteiger partial charge in [0.15, 0.2) is 5.13 Å². The average molecular weight is 276 g/mol. The summed E-state index contributed by atoms with van der Waals surface area (Å²) in [7, 11) is -3.31. The van der Waals surface area contributed by atoms with Crippen molar-refractivity contribution in [3.8, 4) is 0 Å². The van der Waals surface area contributed by atoms with E-state index in [1.807, 2.05) is 0 Å². The predicted octanol–water partition coefficient (Wildman–Crippen LogP) is 1.88. The zero-order chi connectivity index (χ0) is 12.5. The fraction of sp³-hybridized carbons (Fsp3) is 0.700. The van der Waals surface area contributed by atoms with Crippen molar-refractivity contribution < 1.29 is 13.5 Å². The Balaban J connectivity index is 2.08. The van der Waals surface area contributed by atoms with Crippen molar-refractivity contribution >= 4 is 26.5 Å². The van der Waals surface area contributed by atoms with Gasteiger partial charge in [-0.15, -0.1) is 11.3 Å². The molecule has 1 aromatic heterocycles. The molecular formula is C10H16N2O3S2. The molecule has 0 saturated heterocycles. The van der Waals surface area contributed by atoms with Crippen LogP contribution < -0.4 is 4.72 Å². The van der Waals surface area contributed by atoms with Gasteiger partial charge in [-0.25, -0.2) is 13.4 Å². The predicted molar refractivity (Wildman–Crippen MR) is 67.5 cm³/mol. The molecule has 1 heterocycles. The van der Waals surface area contributed by atoms with Gasteiger partial charge in [-0.1, -0.05) is 12.8 Å². The summed E-state index contributed by atoms with van der Waals surface area (Å²) in [6, 6.07) is 0. The summed E-state index contributed by atoms with van der Waals surface area (Å²) in [4.78, 5) is 4.04. The number of aromatic nitrogens is 1. The average Bonchev–Trinajstić information content (AvgIpc) is 2.85. The van der Waals surface area contributed by atoms with Gasteiger partial charge < -0.3 is 5.11 Å². The fourth-order valence-electron chi connectivity index (χ4n) is 1.93. The Kier molecular flexibility index (Phi) is 3.70. The number of hydrogen-bond acceptors (Lipinski definition) is 5. The highest BCUT2D eigenvalue weighted by molar-refractivity contribution is 7.93. The van der Waals surface area contributed by atoms with E-state index in [0.717, 1.165) is 25.7 Å². The highest BCUT2D eigenvalue weighted by Gasteiger charge is 2.29. The molecule has 0 aromatic carbocycles. The Morgan fingerprint density at radius 3 is 2.71 bits per heavy atom. The number of nitrogens with one attached hydrogen (secondary N) is 1. The Morgan fingerprint density at radius 1 is 1.53 bits per heavy atom. The summed E-state index contributed by atoms with van der Waals surface area (Å²) in [6.45, 7) is 1.60. The van der Waals surface area contributed by atoms with E-state index in [1.165, 1.54) is 11.3 Å². The van der Waals surface area contributed by atoms with Crippen molar-refractivity contribution in [2.45, 2.75) is 44.0 Å². The summed E-state index contributed by atoms with van der Waals surface area (Å²) < 4.78 is 26.5. The highest BCUT2D eigenvalue weighted by Crippen LogP contribution is 2.28. The molecule has 1 unspecified atom stereocenters. The highest BCUT2D eigenvalue weighted by atomic mass is 32.2. The van der Waals surface area contributed by atoms with E-state index in [4.69, 9.17) is 0 Å². The molecule has 0 aliphatic heterocycles. The molecule has 96 valence electrons. The summed E-state index contributed by atoms with van der Waals surface area (Å²) in [5.74, 6) is 0. The lowest BCUT2D eigenvalue weighted by atomic mass is 10.3. The van der Waals surface area contributed by atoms with Crippen LogP contribution in [0.1, 0.15) is 44.4 Å². The van der Waals surface area contributed by atoms with Crippen molar-refractivity contribution in [2.24, 2.45) is 0 Å². The molecule has 0 radical (unpaired) electrons. The number of sulfonamides is 1. The summed E-state index contributed by atoms with van der Waals surface area (Å²) in [6.07, 6.45) is 2.73. The molecule has 2 N–H and O–H groups in total. The standard InChI is InChI=1S/C10H16N2O3S2/c1-7(13)9-6-16-10(11-9)12-17(14,15)8-4-2-3-5-8/h6-8,13H,2-5H2,1H3,(H,11,12). The van der Waals surface area contributed by atoms with Gasteiger partial charge in [-0.2, -0.15) is 0 Å². The first kappa shape index (κ1) is 12.8. The first-order chi connectivity index (χ1) is 7.99. The normalized spacial score (nSPS) is 19.4. The third-order valence-corrected chi connectivity index (χ3v) is 5.65. The molecule has 1 aliphatic carbocycles. The maximum atomic E-state index is 12.0. The molecule has 1 aromatic rings. The van der Waals surface area contributed by atoms with Crippen molar-refractivity contribution in [1.82, 2.24) is 4.98 Å². The van der Waals surface area contributed by atoms with E-state index in [0.29, 0.717) is 10.8 Å². The number of rotatable bonds is 4. The van der Waals surface area contributed by atoms with Gasteiger partial charge >= 0.3 is 0 Å². The van der Waals surface area contributed by atoms with E-state index in [-0.39, 0.29) is 5.25 Å². The third kappa shape index (κ3) is 2.97. The van der Waals surface area contributed by atoms with E-state index >= 15 is 0 Å². The summed E-state index contributed by atoms with van der Waals surface area (Å²) in [5, 5.41) is 11.0. The van der Waals surface area contributed by atoms with Gasteiger partial charge in [-0.05, 0) is 19.8 Å². The van der Waals surface area contributed by atoms with E-state index < -0.39 is 16.1 Å². The largest absolute Gasteiger partial charge is 0.387 e. The van der Waals surface area contributed by atoms with Crippen LogP contribution in [0.3, 0.4) is 0 Å². The lowest BCUT2D eigenvalue weighted by Crippen LogP contribution is -2.25. The van der Waals surface area contributed by atoms with Crippen LogP contribution in [0.15, 0.2) is 5.38 Å². The smallest absolute Gasteiger partial charge is 0.237 e. The summed E-state index contributed by atoms with van der Waals surface area (Å²) in [5.41, 5.74) is 0.499. The Labute approximate surface area is 105 Å². The topological polar surface area (TPSA) is 79.3 Å². The minimum atomic E-state index is -3.31. The number of hydrogen-bond donors (Lipinski definition) is 2. The van der Waals surface area contributed by atoms with Crippen molar-refractivity contribution in [3.63, 3.8) is 0 Å². The van der Waals surface area contributed by atoms with Crippen LogP contribution in [0.25, 0.3) is 0 Å². The first-order valence-electron chi connectivity index (χ1n) is 5.64. The molecule has 0 amide bonds. The Morgan fingerprint density at radius 2 is 2.18 bits per heavy atom. The molecule has 1 fully saturated rings. The second-order valence-corrected chi connectivity index (χ2v) is 7.13. The van der Waals surface area contributed by atoms with Crippen LogP contribution in [0.4, 0.5) is 5.13 Å². The maximum absolute atomic E-state index is 12.0. The third-order valence-electron chi connectivity index (χ3n) is 2.92. The van der Waals surface area contributed by atoms with Crippen molar-refractivity contribution in [3.05, 3.63) is 11.1 Å². The van der Waals surface area contributed by atoms with Crippen LogP contribution in [0.2, 0.25) is 0 Å². The molecule has 2 rings (SSSR count). The van der Waals surface area contributed by atoms with E-state index in [2.05, 4.69) is 9.71 Å². The molecule has 17 heavy (non-hydrogen) atoms. The zero-order valence-corrected chi connectivity index (χ0v) is 11.2. The SMILES string of the molecule is CC(O)c1csc(NS(=O)(=O)C2CCCC2)n1. The second kappa shape index (κ2) is 4.91. The lowest BCUT2D eigenvalue weighted by molar-refractivity contribution is 0.195. The van der Waals surface area contributed by atoms with Crippen LogP contribution in [-0.2, 0) is 10.0 Å². The van der Waals surface area contributed by atoms with Gasteiger partial charge in [0, 0.05) is 5.38 Å². The number of nitrogens with zero attached hydrogens (tertiary/aromatic N) is 1. The van der Waals surface area contributed by atoms with E-state index in [9.17, 15) is 13.5 Å². The zero-order valence-electron chi connectivity index (χ0n) is 9.59. The number of anilines is 1. The molecule has 0 spiro atoms. The van der Waals surface area contributed by atoms with Crippen LogP contribution in [0, 0.1) is 0 Å². The van der Waals surface area contributed by atoms with E-state index in [1.54, 1.807) is 12.3 Å². The van der Waals surface area contributed by atoms with Crippen molar-refractivity contribution in [1.29, 1.82) is 0 Å². The molecule has 1 saturated carbocycles. The molecule has 7 heteroatoms. The molecule has 1 atom stereocenters. The van der Waals surface area contributed by atoms with Crippen LogP contribution >= 0.6 is 11.3 Å². The quantitative estimate of drug-likeness (QED) is 0.880. The maximum Gasteiger partial charge on any atom is 0.237 e. The molecule has 1 aliphatic rings. The van der Waals surface area contributed by atoms with Crippen molar-refractivity contribution in [2.75, 3.05) is 4.72 Å². The molecular weight excluding hydrogens is 260 g/mol. The van der Waals surface area contributed by atoms with Crippen LogP contribution in [-0.4, -0.2) is 23.8 Å². The lowest BCUT2D eigenvalue weighted by Gasteiger charge is -2.10. The minimum absolute atomic E-state index is 0.290. The monoisotopic (exact) mass is 276 g/mol. The number of aliphatic hydroxyl groups excluding tert-OH is 1. The minimum Gasteiger partial charge on any atom is -0.387 e. The Bertz CT molecular complexity index is 475. The van der Waals surface area contributed by atoms with Gasteiger partial charge in [0.1, 0.15) is 0 Å². The molecule has 5 nitrogen and oxygen atoms in total. The fourth-order valence-corrected chi connectivity index (χ4v) is 4.52. The Hall–Kier alpha value is -0.660. The van der Waals surface area contributed by atoms with Gasteiger partial charge in [0.05, 0.1) is 17.0 Å². The number of aliphatic hydroxyl groups is 1. The van der Waals surface area contributed by atoms with Gasteiger partial charge in [0.2, 0.25) is 10.0 Å². The van der Waals surface area contributed by atoms with Gasteiger partial charge in [0.25, 0.3) is 0 Å². The summed E-state index contributed by atoms with van der Waals surface area (Å²) >= 11 is 1.20. The van der Waals surface area contributed by atoms with Gasteiger partial charge in [-0.3, -0.25) is 4.72 Å². The molecule has 0 bridgehead atoms. The number of thiazole rings is 1. The first-order valence-corrected chi connectivity index (χ1v) is 8.07.